The zero-order valence-corrected chi connectivity index (χ0v) is 11.3. The molecule has 0 aromatic heterocycles. The van der Waals surface area contributed by atoms with Gasteiger partial charge < -0.3 is 15.7 Å². The van der Waals surface area contributed by atoms with Crippen molar-refractivity contribution in [1.82, 2.24) is 10.6 Å². The van der Waals surface area contributed by atoms with Crippen LogP contribution in [0.25, 0.3) is 0 Å². The summed E-state index contributed by atoms with van der Waals surface area (Å²) in [5.41, 5.74) is -0.624. The van der Waals surface area contributed by atoms with Gasteiger partial charge in [-0.15, -0.1) is 0 Å². The van der Waals surface area contributed by atoms with Crippen LogP contribution < -0.4 is 10.6 Å². The lowest BCUT2D eigenvalue weighted by Gasteiger charge is -2.30. The lowest BCUT2D eigenvalue weighted by molar-refractivity contribution is -0.122. The van der Waals surface area contributed by atoms with Crippen molar-refractivity contribution in [2.45, 2.75) is 65.1 Å². The van der Waals surface area contributed by atoms with Gasteiger partial charge in [-0.1, -0.05) is 6.92 Å². The molecular weight excluding hydrogens is 204 g/mol. The first-order chi connectivity index (χ1) is 7.10. The maximum absolute atomic E-state index is 11.6. The van der Waals surface area contributed by atoms with Gasteiger partial charge >= 0.3 is 0 Å². The minimum absolute atomic E-state index is 0.0411. The Kier molecular flexibility index (Phi) is 5.42. The van der Waals surface area contributed by atoms with E-state index < -0.39 is 11.6 Å². The third-order valence-electron chi connectivity index (χ3n) is 3.11. The Hall–Kier alpha value is -0.610. The number of rotatable bonds is 6. The molecule has 0 spiro atoms. The summed E-state index contributed by atoms with van der Waals surface area (Å²) in [7, 11) is 0. The Morgan fingerprint density at radius 2 is 1.81 bits per heavy atom. The number of aliphatic hydroxyl groups is 1. The highest BCUT2D eigenvalue weighted by Crippen LogP contribution is 2.08. The number of carbonyl (C=O) groups is 1. The Morgan fingerprint density at radius 3 is 2.19 bits per heavy atom. The van der Waals surface area contributed by atoms with Crippen molar-refractivity contribution in [3.05, 3.63) is 0 Å². The van der Waals surface area contributed by atoms with Crippen LogP contribution in [0, 0.1) is 0 Å². The first-order valence-corrected chi connectivity index (χ1v) is 5.85. The van der Waals surface area contributed by atoms with E-state index in [1.807, 2.05) is 34.6 Å². The molecule has 96 valence electrons. The Morgan fingerprint density at radius 1 is 1.31 bits per heavy atom. The van der Waals surface area contributed by atoms with Crippen LogP contribution >= 0.6 is 0 Å². The van der Waals surface area contributed by atoms with Gasteiger partial charge in [0, 0.05) is 11.1 Å². The van der Waals surface area contributed by atoms with E-state index >= 15 is 0 Å². The molecule has 0 aliphatic rings. The van der Waals surface area contributed by atoms with Gasteiger partial charge in [-0.25, -0.2) is 0 Å². The van der Waals surface area contributed by atoms with Gasteiger partial charge in [0.25, 0.3) is 0 Å². The summed E-state index contributed by atoms with van der Waals surface area (Å²) < 4.78 is 0. The molecule has 0 aromatic rings. The highest BCUT2D eigenvalue weighted by Gasteiger charge is 2.25. The summed E-state index contributed by atoms with van der Waals surface area (Å²) in [6, 6.07) is 0. The van der Waals surface area contributed by atoms with E-state index in [1.54, 1.807) is 6.92 Å². The number of hydrogen-bond donors (Lipinski definition) is 3. The smallest absolute Gasteiger partial charge is 0.234 e. The van der Waals surface area contributed by atoms with Gasteiger partial charge in [0.05, 0.1) is 12.6 Å². The van der Waals surface area contributed by atoms with Crippen LogP contribution in [-0.4, -0.2) is 34.7 Å². The van der Waals surface area contributed by atoms with Gasteiger partial charge in [-0.3, -0.25) is 4.79 Å². The summed E-state index contributed by atoms with van der Waals surface area (Å²) in [4.78, 5) is 11.6. The molecule has 1 atom stereocenters. The molecule has 0 radical (unpaired) electrons. The van der Waals surface area contributed by atoms with Crippen LogP contribution in [0.15, 0.2) is 0 Å². The number of nitrogens with one attached hydrogen (secondary N) is 2. The molecule has 4 heteroatoms. The largest absolute Gasteiger partial charge is 0.392 e. The molecular formula is C12H26N2O2. The Balaban J connectivity index is 4.09. The van der Waals surface area contributed by atoms with Crippen molar-refractivity contribution in [2.75, 3.05) is 6.54 Å². The molecule has 0 aliphatic carbocycles. The van der Waals surface area contributed by atoms with E-state index in [0.29, 0.717) is 0 Å². The predicted octanol–water partition coefficient (Wildman–Crippen LogP) is 1.04. The van der Waals surface area contributed by atoms with E-state index in [9.17, 15) is 9.90 Å². The lowest BCUT2D eigenvalue weighted by Crippen LogP contribution is -2.54. The van der Waals surface area contributed by atoms with Gasteiger partial charge in [-0.05, 0) is 41.0 Å². The van der Waals surface area contributed by atoms with Crippen molar-refractivity contribution in [2.24, 2.45) is 0 Å². The van der Waals surface area contributed by atoms with Gasteiger partial charge in [0.15, 0.2) is 0 Å². The third kappa shape index (κ3) is 5.47. The highest BCUT2D eigenvalue weighted by atomic mass is 16.3. The average molecular weight is 230 g/mol. The van der Waals surface area contributed by atoms with Gasteiger partial charge in [0.1, 0.15) is 0 Å². The van der Waals surface area contributed by atoms with Crippen molar-refractivity contribution in [3.8, 4) is 0 Å². The second kappa shape index (κ2) is 5.64. The molecule has 1 unspecified atom stereocenters. The minimum Gasteiger partial charge on any atom is -0.392 e. The molecule has 4 nitrogen and oxygen atoms in total. The second-order valence-corrected chi connectivity index (χ2v) is 5.54. The summed E-state index contributed by atoms with van der Waals surface area (Å²) in [6.45, 7) is 11.7. The predicted molar refractivity (Wildman–Crippen MR) is 66.3 cm³/mol. The molecule has 0 aliphatic heterocycles. The normalized spacial score (nSPS) is 14.7. The number of hydrogen-bond acceptors (Lipinski definition) is 3. The Bertz CT molecular complexity index is 235. The molecule has 0 bridgehead atoms. The maximum atomic E-state index is 11.6. The Labute approximate surface area is 98.8 Å². The molecule has 0 saturated carbocycles. The SMILES string of the molecule is CCC(C)(C)NC(=O)CNC(C)(C)C(C)O. The first kappa shape index (κ1) is 15.4. The van der Waals surface area contributed by atoms with Crippen molar-refractivity contribution in [3.63, 3.8) is 0 Å². The van der Waals surface area contributed by atoms with Crippen molar-refractivity contribution < 1.29 is 9.90 Å². The molecule has 0 saturated heterocycles. The third-order valence-corrected chi connectivity index (χ3v) is 3.11. The van der Waals surface area contributed by atoms with Gasteiger partial charge in [-0.2, -0.15) is 0 Å². The molecule has 0 rings (SSSR count). The quantitative estimate of drug-likeness (QED) is 0.639. The first-order valence-electron chi connectivity index (χ1n) is 5.85. The number of amides is 1. The fourth-order valence-electron chi connectivity index (χ4n) is 0.966. The molecule has 0 heterocycles. The van der Waals surface area contributed by atoms with E-state index in [-0.39, 0.29) is 18.0 Å². The van der Waals surface area contributed by atoms with E-state index in [0.717, 1.165) is 6.42 Å². The summed E-state index contributed by atoms with van der Waals surface area (Å²) in [5.74, 6) is -0.0411. The van der Waals surface area contributed by atoms with E-state index in [2.05, 4.69) is 10.6 Å². The second-order valence-electron chi connectivity index (χ2n) is 5.54. The zero-order valence-electron chi connectivity index (χ0n) is 11.3. The van der Waals surface area contributed by atoms with E-state index in [1.165, 1.54) is 0 Å². The van der Waals surface area contributed by atoms with Crippen LogP contribution in [0.5, 0.6) is 0 Å². The van der Waals surface area contributed by atoms with Gasteiger partial charge in [0.2, 0.25) is 5.91 Å². The molecule has 3 N–H and O–H groups in total. The van der Waals surface area contributed by atoms with Crippen molar-refractivity contribution in [1.29, 1.82) is 0 Å². The van der Waals surface area contributed by atoms with Crippen LogP contribution in [-0.2, 0) is 4.79 Å². The minimum atomic E-state index is -0.500. The molecule has 0 fully saturated rings. The summed E-state index contributed by atoms with van der Waals surface area (Å²) in [6.07, 6.45) is 0.387. The highest BCUT2D eigenvalue weighted by molar-refractivity contribution is 5.78. The number of carbonyl (C=O) groups excluding carboxylic acids is 1. The monoisotopic (exact) mass is 230 g/mol. The summed E-state index contributed by atoms with van der Waals surface area (Å²) in [5, 5.41) is 15.5. The number of aliphatic hydroxyl groups excluding tert-OH is 1. The lowest BCUT2D eigenvalue weighted by atomic mass is 9.98. The molecule has 1 amide bonds. The van der Waals surface area contributed by atoms with Crippen LogP contribution in [0.1, 0.15) is 48.0 Å². The summed E-state index contributed by atoms with van der Waals surface area (Å²) >= 11 is 0. The standard InChI is InChI=1S/C12H26N2O2/c1-7-11(3,4)14-10(16)8-13-12(5,6)9(2)15/h9,13,15H,7-8H2,1-6H3,(H,14,16). The van der Waals surface area contributed by atoms with Crippen molar-refractivity contribution >= 4 is 5.91 Å². The topological polar surface area (TPSA) is 61.4 Å². The molecule has 16 heavy (non-hydrogen) atoms. The van der Waals surface area contributed by atoms with Crippen LogP contribution in [0.3, 0.4) is 0 Å². The van der Waals surface area contributed by atoms with Crippen LogP contribution in [0.2, 0.25) is 0 Å². The average Bonchev–Trinajstić information content (AvgIpc) is 2.14. The van der Waals surface area contributed by atoms with Crippen LogP contribution in [0.4, 0.5) is 0 Å². The fraction of sp³-hybridized carbons (Fsp3) is 0.917. The van der Waals surface area contributed by atoms with E-state index in [4.69, 9.17) is 0 Å². The maximum Gasteiger partial charge on any atom is 0.234 e. The fourth-order valence-corrected chi connectivity index (χ4v) is 0.966. The zero-order chi connectivity index (χ0) is 13.0. The molecule has 0 aromatic carbocycles.